The highest BCUT2D eigenvalue weighted by Crippen LogP contribution is 2.17. The Hall–Kier alpha value is -1.85. The number of carbonyl (C=O) groups excluding carboxylic acids is 1. The smallest absolute Gasteiger partial charge is 0.306 e. The monoisotopic (exact) mass is 265 g/mol. The lowest BCUT2D eigenvalue weighted by molar-refractivity contribution is -0.145. The van der Waals surface area contributed by atoms with Gasteiger partial charge in [0.1, 0.15) is 6.54 Å². The van der Waals surface area contributed by atoms with Gasteiger partial charge in [0, 0.05) is 18.8 Å². The average Bonchev–Trinajstić information content (AvgIpc) is 2.68. The van der Waals surface area contributed by atoms with Crippen LogP contribution >= 0.6 is 0 Å². The summed E-state index contributed by atoms with van der Waals surface area (Å²) in [6.45, 7) is 5.10. The molecule has 0 saturated carbocycles. The van der Waals surface area contributed by atoms with E-state index in [-0.39, 0.29) is 18.4 Å². The van der Waals surface area contributed by atoms with Crippen molar-refractivity contribution in [3.63, 3.8) is 0 Å². The van der Waals surface area contributed by atoms with Crippen molar-refractivity contribution in [3.8, 4) is 0 Å². The third-order valence-electron chi connectivity index (χ3n) is 3.59. The van der Waals surface area contributed by atoms with E-state index in [4.69, 9.17) is 5.11 Å². The number of hydrogen-bond acceptors (Lipinski definition) is 3. The summed E-state index contributed by atoms with van der Waals surface area (Å²) >= 11 is 0. The Kier molecular flexibility index (Phi) is 3.87. The summed E-state index contributed by atoms with van der Waals surface area (Å²) in [6, 6.07) is 1.93. The molecule has 0 aliphatic carbocycles. The highest BCUT2D eigenvalue weighted by Gasteiger charge is 2.27. The number of likely N-dealkylation sites (tertiary alicyclic amines) is 1. The van der Waals surface area contributed by atoms with Crippen LogP contribution in [0, 0.1) is 19.8 Å². The van der Waals surface area contributed by atoms with Crippen molar-refractivity contribution in [2.45, 2.75) is 33.2 Å². The molecule has 0 spiro atoms. The normalized spacial score (nSPS) is 16.6. The van der Waals surface area contributed by atoms with Crippen LogP contribution in [0.3, 0.4) is 0 Å². The van der Waals surface area contributed by atoms with E-state index in [0.29, 0.717) is 25.9 Å². The van der Waals surface area contributed by atoms with E-state index in [1.807, 2.05) is 19.9 Å². The van der Waals surface area contributed by atoms with Gasteiger partial charge < -0.3 is 10.0 Å². The third-order valence-corrected chi connectivity index (χ3v) is 3.59. The number of nitrogens with zero attached hydrogens (tertiary/aromatic N) is 3. The summed E-state index contributed by atoms with van der Waals surface area (Å²) in [6.07, 6.45) is 1.08. The summed E-state index contributed by atoms with van der Waals surface area (Å²) in [5, 5.41) is 13.2. The van der Waals surface area contributed by atoms with Gasteiger partial charge in [0.25, 0.3) is 0 Å². The van der Waals surface area contributed by atoms with Gasteiger partial charge in [-0.2, -0.15) is 5.10 Å². The Morgan fingerprint density at radius 1 is 1.37 bits per heavy atom. The van der Waals surface area contributed by atoms with E-state index in [2.05, 4.69) is 5.10 Å². The van der Waals surface area contributed by atoms with Crippen LogP contribution < -0.4 is 0 Å². The molecule has 0 unspecified atom stereocenters. The van der Waals surface area contributed by atoms with Gasteiger partial charge in [-0.15, -0.1) is 0 Å². The SMILES string of the molecule is Cc1cc(C)n(CC(=O)N2CCC(C(=O)O)CC2)n1. The fourth-order valence-corrected chi connectivity index (χ4v) is 2.44. The molecule has 6 nitrogen and oxygen atoms in total. The number of hydrogen-bond donors (Lipinski definition) is 1. The van der Waals surface area contributed by atoms with Crippen LogP contribution in [0.5, 0.6) is 0 Å². The molecule has 0 bridgehead atoms. The number of amides is 1. The van der Waals surface area contributed by atoms with Crippen LogP contribution in [0.4, 0.5) is 0 Å². The van der Waals surface area contributed by atoms with Crippen LogP contribution in [0.2, 0.25) is 0 Å². The maximum absolute atomic E-state index is 12.1. The van der Waals surface area contributed by atoms with E-state index < -0.39 is 5.97 Å². The summed E-state index contributed by atoms with van der Waals surface area (Å²) in [4.78, 5) is 24.7. The van der Waals surface area contributed by atoms with Gasteiger partial charge in [-0.25, -0.2) is 0 Å². The number of rotatable bonds is 3. The Morgan fingerprint density at radius 3 is 2.47 bits per heavy atom. The minimum absolute atomic E-state index is 0.00930. The standard InChI is InChI=1S/C13H19N3O3/c1-9-7-10(2)16(14-9)8-12(17)15-5-3-11(4-6-15)13(18)19/h7,11H,3-6,8H2,1-2H3,(H,18,19). The predicted molar refractivity (Wildman–Crippen MR) is 68.6 cm³/mol. The van der Waals surface area contributed by atoms with Crippen LogP contribution in [0.25, 0.3) is 0 Å². The van der Waals surface area contributed by atoms with Gasteiger partial charge in [-0.1, -0.05) is 0 Å². The number of aromatic nitrogens is 2. The first kappa shape index (κ1) is 13.6. The van der Waals surface area contributed by atoms with Gasteiger partial charge in [0.2, 0.25) is 5.91 Å². The molecule has 104 valence electrons. The second-order valence-electron chi connectivity index (χ2n) is 5.08. The van der Waals surface area contributed by atoms with E-state index in [0.717, 1.165) is 11.4 Å². The van der Waals surface area contributed by atoms with Crippen LogP contribution in [-0.4, -0.2) is 44.8 Å². The first-order valence-electron chi connectivity index (χ1n) is 6.49. The lowest BCUT2D eigenvalue weighted by Gasteiger charge is -2.30. The van der Waals surface area contributed by atoms with Crippen LogP contribution in [-0.2, 0) is 16.1 Å². The fourth-order valence-electron chi connectivity index (χ4n) is 2.44. The molecule has 19 heavy (non-hydrogen) atoms. The molecule has 1 aliphatic rings. The van der Waals surface area contributed by atoms with Crippen LogP contribution in [0.1, 0.15) is 24.2 Å². The maximum Gasteiger partial charge on any atom is 0.306 e. The quantitative estimate of drug-likeness (QED) is 0.878. The second-order valence-corrected chi connectivity index (χ2v) is 5.08. The van der Waals surface area contributed by atoms with Crippen molar-refractivity contribution in [1.82, 2.24) is 14.7 Å². The molecular weight excluding hydrogens is 246 g/mol. The summed E-state index contributed by atoms with van der Waals surface area (Å²) in [7, 11) is 0. The molecule has 1 N–H and O–H groups in total. The summed E-state index contributed by atoms with van der Waals surface area (Å²) in [5.41, 5.74) is 1.86. The molecule has 1 aromatic heterocycles. The van der Waals surface area contributed by atoms with E-state index in [1.165, 1.54) is 0 Å². The largest absolute Gasteiger partial charge is 0.481 e. The molecule has 0 atom stereocenters. The van der Waals surface area contributed by atoms with Gasteiger partial charge in [0.05, 0.1) is 11.6 Å². The fraction of sp³-hybridized carbons (Fsp3) is 0.615. The Balaban J connectivity index is 1.91. The van der Waals surface area contributed by atoms with Gasteiger partial charge in [0.15, 0.2) is 0 Å². The molecule has 0 aromatic carbocycles. The lowest BCUT2D eigenvalue weighted by atomic mass is 9.97. The summed E-state index contributed by atoms with van der Waals surface area (Å²) < 4.78 is 1.70. The molecular formula is C13H19N3O3. The van der Waals surface area contributed by atoms with Crippen molar-refractivity contribution >= 4 is 11.9 Å². The number of carboxylic acids is 1. The van der Waals surface area contributed by atoms with Crippen molar-refractivity contribution in [3.05, 3.63) is 17.5 Å². The van der Waals surface area contributed by atoms with E-state index in [9.17, 15) is 9.59 Å². The van der Waals surface area contributed by atoms with Gasteiger partial charge >= 0.3 is 5.97 Å². The number of carboxylic acid groups (broad SMARTS) is 1. The number of aryl methyl sites for hydroxylation is 2. The zero-order valence-electron chi connectivity index (χ0n) is 11.3. The van der Waals surface area contributed by atoms with Crippen molar-refractivity contribution in [2.24, 2.45) is 5.92 Å². The van der Waals surface area contributed by atoms with Gasteiger partial charge in [-0.3, -0.25) is 14.3 Å². The highest BCUT2D eigenvalue weighted by atomic mass is 16.4. The molecule has 2 rings (SSSR count). The third kappa shape index (κ3) is 3.13. The Morgan fingerprint density at radius 2 is 2.00 bits per heavy atom. The topological polar surface area (TPSA) is 75.4 Å². The average molecular weight is 265 g/mol. The van der Waals surface area contributed by atoms with E-state index >= 15 is 0 Å². The molecule has 1 fully saturated rings. The molecule has 2 heterocycles. The van der Waals surface area contributed by atoms with Crippen molar-refractivity contribution in [1.29, 1.82) is 0 Å². The number of aliphatic carboxylic acids is 1. The number of carbonyl (C=O) groups is 2. The lowest BCUT2D eigenvalue weighted by Crippen LogP contribution is -2.41. The Bertz CT molecular complexity index is 487. The molecule has 1 amide bonds. The minimum atomic E-state index is -0.759. The van der Waals surface area contributed by atoms with Crippen molar-refractivity contribution in [2.75, 3.05) is 13.1 Å². The first-order valence-corrected chi connectivity index (χ1v) is 6.49. The summed E-state index contributed by atoms with van der Waals surface area (Å²) in [5.74, 6) is -1.06. The van der Waals surface area contributed by atoms with Crippen LogP contribution in [0.15, 0.2) is 6.07 Å². The zero-order chi connectivity index (χ0) is 14.0. The van der Waals surface area contributed by atoms with E-state index in [1.54, 1.807) is 9.58 Å². The highest BCUT2D eigenvalue weighted by molar-refractivity contribution is 5.76. The number of piperidine rings is 1. The van der Waals surface area contributed by atoms with Gasteiger partial charge in [-0.05, 0) is 32.8 Å². The minimum Gasteiger partial charge on any atom is -0.481 e. The zero-order valence-corrected chi connectivity index (χ0v) is 11.3. The maximum atomic E-state index is 12.1. The molecule has 1 saturated heterocycles. The molecule has 6 heteroatoms. The first-order chi connectivity index (χ1) is 8.97. The van der Waals surface area contributed by atoms with Crippen molar-refractivity contribution < 1.29 is 14.7 Å². The molecule has 0 radical (unpaired) electrons. The molecule has 1 aliphatic heterocycles. The Labute approximate surface area is 112 Å². The second kappa shape index (κ2) is 5.42. The molecule has 1 aromatic rings. The predicted octanol–water partition coefficient (Wildman–Crippen LogP) is 0.823.